The number of methoxy groups -OCH3 is 1. The van der Waals surface area contributed by atoms with Crippen LogP contribution >= 0.6 is 0 Å². The molecule has 36 heavy (non-hydrogen) atoms. The van der Waals surface area contributed by atoms with Gasteiger partial charge in [0.2, 0.25) is 0 Å². The van der Waals surface area contributed by atoms with Crippen molar-refractivity contribution < 1.29 is 4.74 Å². The van der Waals surface area contributed by atoms with Gasteiger partial charge in [-0.3, -0.25) is 9.13 Å². The Labute approximate surface area is 206 Å². The zero-order chi connectivity index (χ0) is 24.6. The SMILES string of the molecule is COc1c(Cn2c(=O)[nH]c3ccccc32)cc(-c2ccccc2)cc1Cn1c(=O)[nH]c2ccccc21. The van der Waals surface area contributed by atoms with E-state index in [-0.39, 0.29) is 11.4 Å². The van der Waals surface area contributed by atoms with Crippen LogP contribution in [0.15, 0.2) is 101 Å². The highest BCUT2D eigenvalue weighted by Crippen LogP contribution is 2.33. The van der Waals surface area contributed by atoms with Crippen LogP contribution in [0.2, 0.25) is 0 Å². The van der Waals surface area contributed by atoms with Gasteiger partial charge in [0.1, 0.15) is 5.75 Å². The van der Waals surface area contributed by atoms with Gasteiger partial charge in [0.15, 0.2) is 0 Å². The van der Waals surface area contributed by atoms with E-state index in [0.29, 0.717) is 18.8 Å². The Morgan fingerprint density at radius 1 is 0.639 bits per heavy atom. The molecule has 0 aliphatic rings. The lowest BCUT2D eigenvalue weighted by molar-refractivity contribution is 0.402. The summed E-state index contributed by atoms with van der Waals surface area (Å²) in [6.07, 6.45) is 0. The van der Waals surface area contributed by atoms with E-state index in [1.165, 1.54) is 0 Å². The van der Waals surface area contributed by atoms with E-state index in [2.05, 4.69) is 22.1 Å². The third-order valence-corrected chi connectivity index (χ3v) is 6.57. The number of fused-ring (bicyclic) bond motifs is 2. The molecule has 4 aromatic carbocycles. The van der Waals surface area contributed by atoms with Crippen molar-refractivity contribution in [3.63, 3.8) is 0 Å². The molecule has 7 nitrogen and oxygen atoms in total. The molecule has 0 fully saturated rings. The van der Waals surface area contributed by atoms with Crippen molar-refractivity contribution in [1.29, 1.82) is 0 Å². The number of aromatic nitrogens is 4. The first-order valence-corrected chi connectivity index (χ1v) is 11.7. The van der Waals surface area contributed by atoms with Crippen molar-refractivity contribution in [3.8, 4) is 16.9 Å². The van der Waals surface area contributed by atoms with E-state index in [1.807, 2.05) is 78.9 Å². The van der Waals surface area contributed by atoms with Crippen LogP contribution in [-0.2, 0) is 13.1 Å². The van der Waals surface area contributed by atoms with Crippen molar-refractivity contribution in [2.75, 3.05) is 7.11 Å². The first-order chi connectivity index (χ1) is 17.6. The van der Waals surface area contributed by atoms with E-state index < -0.39 is 0 Å². The van der Waals surface area contributed by atoms with Gasteiger partial charge in [-0.25, -0.2) is 9.59 Å². The summed E-state index contributed by atoms with van der Waals surface area (Å²) in [5, 5.41) is 0. The van der Waals surface area contributed by atoms with Crippen molar-refractivity contribution in [2.45, 2.75) is 13.1 Å². The molecule has 7 heteroatoms. The molecular weight excluding hydrogens is 452 g/mol. The second-order valence-electron chi connectivity index (χ2n) is 8.76. The van der Waals surface area contributed by atoms with Gasteiger partial charge in [-0.2, -0.15) is 0 Å². The van der Waals surface area contributed by atoms with Crippen LogP contribution in [0.4, 0.5) is 0 Å². The van der Waals surface area contributed by atoms with Crippen molar-refractivity contribution in [1.82, 2.24) is 19.1 Å². The molecule has 0 spiro atoms. The lowest BCUT2D eigenvalue weighted by Crippen LogP contribution is -2.20. The van der Waals surface area contributed by atoms with Crippen molar-refractivity contribution in [3.05, 3.63) is 123 Å². The van der Waals surface area contributed by atoms with E-state index in [4.69, 9.17) is 4.74 Å². The Morgan fingerprint density at radius 2 is 1.11 bits per heavy atom. The second-order valence-corrected chi connectivity index (χ2v) is 8.76. The minimum absolute atomic E-state index is 0.183. The standard InChI is InChI=1S/C29H24N4O3/c1-36-27-21(17-32-25-13-7-5-11-23(25)30-28(32)34)15-20(19-9-3-2-4-10-19)16-22(27)18-33-26-14-8-6-12-24(26)31-29(33)35/h2-16H,17-18H2,1H3,(H,30,34)(H,31,35). The average Bonchev–Trinajstić information content (AvgIpc) is 3.39. The number of H-pyrrole nitrogens is 2. The maximum atomic E-state index is 12.8. The predicted octanol–water partition coefficient (Wildman–Crippen LogP) is 4.74. The van der Waals surface area contributed by atoms with Crippen LogP contribution in [0, 0.1) is 0 Å². The van der Waals surface area contributed by atoms with Crippen LogP contribution < -0.4 is 16.1 Å². The van der Waals surface area contributed by atoms with Crippen LogP contribution in [0.5, 0.6) is 5.75 Å². The molecule has 0 aliphatic heterocycles. The molecule has 6 aromatic rings. The number of hydrogen-bond acceptors (Lipinski definition) is 3. The molecule has 2 heterocycles. The summed E-state index contributed by atoms with van der Waals surface area (Å²) < 4.78 is 9.34. The molecule has 0 saturated carbocycles. The van der Waals surface area contributed by atoms with Gasteiger partial charge in [0.25, 0.3) is 0 Å². The first kappa shape index (κ1) is 21.7. The number of nitrogens with zero attached hydrogens (tertiary/aromatic N) is 2. The number of imidazole rings is 2. The molecule has 0 atom stereocenters. The maximum absolute atomic E-state index is 12.8. The topological polar surface area (TPSA) is 84.8 Å². The van der Waals surface area contributed by atoms with Gasteiger partial charge in [-0.1, -0.05) is 54.6 Å². The minimum atomic E-state index is -0.183. The number of para-hydroxylation sites is 4. The fourth-order valence-electron chi connectivity index (χ4n) is 4.92. The van der Waals surface area contributed by atoms with Crippen molar-refractivity contribution in [2.24, 2.45) is 0 Å². The predicted molar refractivity (Wildman–Crippen MR) is 142 cm³/mol. The Hall–Kier alpha value is -4.78. The number of aromatic amines is 2. The summed E-state index contributed by atoms with van der Waals surface area (Å²) in [6.45, 7) is 0.644. The van der Waals surface area contributed by atoms with Crippen LogP contribution in [0.3, 0.4) is 0 Å². The zero-order valence-electron chi connectivity index (χ0n) is 19.7. The monoisotopic (exact) mass is 476 g/mol. The third kappa shape index (κ3) is 3.71. The zero-order valence-corrected chi connectivity index (χ0v) is 19.7. The van der Waals surface area contributed by atoms with Crippen LogP contribution in [0.1, 0.15) is 11.1 Å². The fourth-order valence-corrected chi connectivity index (χ4v) is 4.92. The van der Waals surface area contributed by atoms with Gasteiger partial charge in [-0.15, -0.1) is 0 Å². The molecule has 0 bridgehead atoms. The average molecular weight is 477 g/mol. The first-order valence-electron chi connectivity index (χ1n) is 11.7. The molecule has 0 radical (unpaired) electrons. The molecule has 2 N–H and O–H groups in total. The summed E-state index contributed by atoms with van der Waals surface area (Å²) >= 11 is 0. The van der Waals surface area contributed by atoms with Gasteiger partial charge in [0.05, 0.1) is 42.3 Å². The highest BCUT2D eigenvalue weighted by atomic mass is 16.5. The summed E-state index contributed by atoms with van der Waals surface area (Å²) in [5.41, 5.74) is 6.59. The number of benzene rings is 4. The largest absolute Gasteiger partial charge is 0.496 e. The molecule has 2 aromatic heterocycles. The number of hydrogen-bond donors (Lipinski definition) is 2. The Bertz CT molecular complexity index is 1710. The number of rotatable bonds is 6. The second kappa shape index (κ2) is 8.78. The summed E-state index contributed by atoms with van der Waals surface area (Å²) in [4.78, 5) is 31.5. The van der Waals surface area contributed by atoms with Crippen LogP contribution in [-0.4, -0.2) is 26.2 Å². The quantitative estimate of drug-likeness (QED) is 0.364. The molecule has 0 aliphatic carbocycles. The summed E-state index contributed by atoms with van der Waals surface area (Å²) in [6, 6.07) is 29.4. The normalized spacial score (nSPS) is 11.4. The van der Waals surface area contributed by atoms with E-state index >= 15 is 0 Å². The molecule has 6 rings (SSSR count). The number of nitrogens with one attached hydrogen (secondary N) is 2. The Morgan fingerprint density at radius 3 is 1.61 bits per heavy atom. The van der Waals surface area contributed by atoms with Gasteiger partial charge < -0.3 is 14.7 Å². The lowest BCUT2D eigenvalue weighted by Gasteiger charge is -2.17. The molecular formula is C29H24N4O3. The maximum Gasteiger partial charge on any atom is 0.326 e. The summed E-state index contributed by atoms with van der Waals surface area (Å²) in [7, 11) is 1.63. The summed E-state index contributed by atoms with van der Waals surface area (Å²) in [5.74, 6) is 0.657. The molecule has 0 saturated heterocycles. The van der Waals surface area contributed by atoms with E-state index in [1.54, 1.807) is 16.2 Å². The van der Waals surface area contributed by atoms with E-state index in [0.717, 1.165) is 44.3 Å². The third-order valence-electron chi connectivity index (χ3n) is 6.57. The van der Waals surface area contributed by atoms with Crippen molar-refractivity contribution >= 4 is 22.1 Å². The van der Waals surface area contributed by atoms with E-state index in [9.17, 15) is 9.59 Å². The molecule has 178 valence electrons. The highest BCUT2D eigenvalue weighted by molar-refractivity contribution is 5.76. The minimum Gasteiger partial charge on any atom is -0.496 e. The van der Waals surface area contributed by atoms with Gasteiger partial charge >= 0.3 is 11.4 Å². The van der Waals surface area contributed by atoms with Crippen LogP contribution in [0.25, 0.3) is 33.2 Å². The fraction of sp³-hybridized carbons (Fsp3) is 0.103. The highest BCUT2D eigenvalue weighted by Gasteiger charge is 2.18. The van der Waals surface area contributed by atoms with Gasteiger partial charge in [0, 0.05) is 11.1 Å². The molecule has 0 amide bonds. The lowest BCUT2D eigenvalue weighted by atomic mass is 9.98. The van der Waals surface area contributed by atoms with Gasteiger partial charge in [-0.05, 0) is 47.5 Å². The molecule has 0 unspecified atom stereocenters. The Balaban J connectivity index is 1.54. The smallest absolute Gasteiger partial charge is 0.326 e. The number of ether oxygens (including phenoxy) is 1. The Kier molecular flexibility index (Phi) is 5.30.